The number of urea groups is 1. The van der Waals surface area contributed by atoms with Gasteiger partial charge in [-0.15, -0.1) is 0 Å². The van der Waals surface area contributed by atoms with Crippen LogP contribution in [0.4, 0.5) is 10.5 Å². The molecule has 2 aromatic carbocycles. The molecule has 8 heteroatoms. The Morgan fingerprint density at radius 2 is 1.76 bits per heavy atom. The van der Waals surface area contributed by atoms with Crippen molar-refractivity contribution in [3.8, 4) is 5.75 Å². The quantitative estimate of drug-likeness (QED) is 0.675. The zero-order chi connectivity index (χ0) is 21.0. The Kier molecular flexibility index (Phi) is 5.82. The smallest absolute Gasteiger partial charge is 0.337 e. The van der Waals surface area contributed by atoms with Crippen molar-refractivity contribution in [2.45, 2.75) is 6.04 Å². The Labute approximate surface area is 167 Å². The number of carbonyl (C=O) groups is 3. The number of carbonyl (C=O) groups excluding carboxylic acids is 3. The van der Waals surface area contributed by atoms with Crippen molar-refractivity contribution in [2.75, 3.05) is 19.5 Å². The molecule has 1 aliphatic heterocycles. The summed E-state index contributed by atoms with van der Waals surface area (Å²) >= 11 is 0. The highest BCUT2D eigenvalue weighted by atomic mass is 16.5. The molecule has 3 N–H and O–H groups in total. The molecular formula is C21H21N3O5. The monoisotopic (exact) mass is 395 g/mol. The second-order valence-electron chi connectivity index (χ2n) is 6.38. The molecule has 3 amide bonds. The molecule has 8 nitrogen and oxygen atoms in total. The van der Waals surface area contributed by atoms with Crippen LogP contribution in [-0.2, 0) is 9.53 Å². The van der Waals surface area contributed by atoms with Crippen molar-refractivity contribution in [3.63, 3.8) is 0 Å². The number of esters is 1. The van der Waals surface area contributed by atoms with Gasteiger partial charge in [0.05, 0.1) is 31.5 Å². The molecule has 0 radical (unpaired) electrons. The number of hydrogen-bond acceptors (Lipinski definition) is 5. The number of ether oxygens (including phenoxy) is 2. The van der Waals surface area contributed by atoms with Crippen LogP contribution in [0.25, 0.3) is 0 Å². The molecule has 1 heterocycles. The van der Waals surface area contributed by atoms with E-state index in [0.29, 0.717) is 22.6 Å². The fourth-order valence-corrected chi connectivity index (χ4v) is 3.17. The van der Waals surface area contributed by atoms with Crippen LogP contribution in [0, 0.1) is 5.92 Å². The van der Waals surface area contributed by atoms with Crippen LogP contribution in [0.1, 0.15) is 22.0 Å². The Morgan fingerprint density at radius 3 is 2.41 bits per heavy atom. The zero-order valence-corrected chi connectivity index (χ0v) is 16.0. The molecule has 1 saturated heterocycles. The van der Waals surface area contributed by atoms with Crippen LogP contribution in [0.2, 0.25) is 0 Å². The average molecular weight is 395 g/mol. The topological polar surface area (TPSA) is 106 Å². The first-order valence-corrected chi connectivity index (χ1v) is 8.83. The third-order valence-electron chi connectivity index (χ3n) is 4.61. The number of nitrogens with one attached hydrogen (secondary N) is 3. The van der Waals surface area contributed by atoms with Gasteiger partial charge in [-0.05, 0) is 29.8 Å². The molecule has 150 valence electrons. The zero-order valence-electron chi connectivity index (χ0n) is 16.0. The predicted molar refractivity (Wildman–Crippen MR) is 106 cm³/mol. The maximum Gasteiger partial charge on any atom is 0.337 e. The Hall–Kier alpha value is -3.81. The lowest BCUT2D eigenvalue weighted by Crippen LogP contribution is -2.51. The summed E-state index contributed by atoms with van der Waals surface area (Å²) in [6, 6.07) is 12.4. The predicted octanol–water partition coefficient (Wildman–Crippen LogP) is 2.60. The summed E-state index contributed by atoms with van der Waals surface area (Å²) in [6.07, 6.45) is 0. The molecule has 29 heavy (non-hydrogen) atoms. The average Bonchev–Trinajstić information content (AvgIpc) is 2.73. The normalized spacial score (nSPS) is 18.3. The molecule has 2 atom stereocenters. The van der Waals surface area contributed by atoms with Gasteiger partial charge in [0.25, 0.3) is 0 Å². The highest BCUT2D eigenvalue weighted by molar-refractivity contribution is 5.98. The summed E-state index contributed by atoms with van der Waals surface area (Å²) in [6.45, 7) is 3.85. The second-order valence-corrected chi connectivity index (χ2v) is 6.38. The minimum absolute atomic E-state index is 0.267. The number of benzene rings is 2. The van der Waals surface area contributed by atoms with Gasteiger partial charge in [0.1, 0.15) is 11.7 Å². The van der Waals surface area contributed by atoms with E-state index in [2.05, 4.69) is 22.5 Å². The molecular weight excluding hydrogens is 374 g/mol. The number of rotatable bonds is 5. The van der Waals surface area contributed by atoms with E-state index in [4.69, 9.17) is 9.47 Å². The van der Waals surface area contributed by atoms with E-state index < -0.39 is 24.0 Å². The minimum Gasteiger partial charge on any atom is -0.495 e. The van der Waals surface area contributed by atoms with Gasteiger partial charge >= 0.3 is 12.0 Å². The van der Waals surface area contributed by atoms with Crippen LogP contribution < -0.4 is 20.7 Å². The van der Waals surface area contributed by atoms with Crippen molar-refractivity contribution >= 4 is 23.6 Å². The van der Waals surface area contributed by atoms with E-state index in [0.717, 1.165) is 0 Å². The fourth-order valence-electron chi connectivity index (χ4n) is 3.17. The van der Waals surface area contributed by atoms with Crippen molar-refractivity contribution in [1.29, 1.82) is 0 Å². The summed E-state index contributed by atoms with van der Waals surface area (Å²) in [5.41, 5.74) is 1.78. The van der Waals surface area contributed by atoms with Gasteiger partial charge in [0.2, 0.25) is 5.91 Å². The van der Waals surface area contributed by atoms with E-state index in [1.807, 2.05) is 0 Å². The largest absolute Gasteiger partial charge is 0.495 e. The lowest BCUT2D eigenvalue weighted by atomic mass is 9.88. The summed E-state index contributed by atoms with van der Waals surface area (Å²) in [5, 5.41) is 8.13. The van der Waals surface area contributed by atoms with E-state index in [-0.39, 0.29) is 11.6 Å². The number of methoxy groups -OCH3 is 2. The third-order valence-corrected chi connectivity index (χ3v) is 4.61. The van der Waals surface area contributed by atoms with Crippen molar-refractivity contribution < 1.29 is 23.9 Å². The van der Waals surface area contributed by atoms with Gasteiger partial charge in [-0.1, -0.05) is 30.8 Å². The molecule has 2 aromatic rings. The molecule has 0 bridgehead atoms. The molecule has 0 saturated carbocycles. The molecule has 1 fully saturated rings. The number of para-hydroxylation sites is 2. The van der Waals surface area contributed by atoms with Gasteiger partial charge in [-0.25, -0.2) is 9.59 Å². The number of amides is 3. The van der Waals surface area contributed by atoms with Crippen LogP contribution >= 0.6 is 0 Å². The first-order valence-electron chi connectivity index (χ1n) is 8.83. The summed E-state index contributed by atoms with van der Waals surface area (Å²) < 4.78 is 9.96. The number of hydrogen-bond donors (Lipinski definition) is 3. The van der Waals surface area contributed by atoms with E-state index >= 15 is 0 Å². The maximum atomic E-state index is 13.1. The van der Waals surface area contributed by atoms with Crippen LogP contribution in [0.5, 0.6) is 5.75 Å². The van der Waals surface area contributed by atoms with Crippen molar-refractivity contribution in [1.82, 2.24) is 10.6 Å². The van der Waals surface area contributed by atoms with E-state index in [9.17, 15) is 14.4 Å². The fraction of sp³-hybridized carbons (Fsp3) is 0.190. The highest BCUT2D eigenvalue weighted by Gasteiger charge is 2.38. The van der Waals surface area contributed by atoms with E-state index in [1.54, 1.807) is 48.5 Å². The Morgan fingerprint density at radius 1 is 1.07 bits per heavy atom. The minimum atomic E-state index is -0.790. The van der Waals surface area contributed by atoms with Crippen LogP contribution in [0.15, 0.2) is 60.8 Å². The van der Waals surface area contributed by atoms with Gasteiger partial charge in [-0.2, -0.15) is 0 Å². The first-order chi connectivity index (χ1) is 13.9. The van der Waals surface area contributed by atoms with Crippen LogP contribution in [-0.4, -0.2) is 32.1 Å². The molecule has 0 aliphatic carbocycles. The SMILES string of the molecule is C=C1NC(=O)N[C@H](c2ccc(C(=O)OC)cc2)[C@H]1C(=O)Nc1ccccc1OC. The summed E-state index contributed by atoms with van der Waals surface area (Å²) in [5.74, 6) is -1.12. The van der Waals surface area contributed by atoms with Gasteiger partial charge in [0.15, 0.2) is 0 Å². The van der Waals surface area contributed by atoms with Crippen molar-refractivity contribution in [2.24, 2.45) is 5.92 Å². The molecule has 1 aliphatic rings. The summed E-state index contributed by atoms with van der Waals surface area (Å²) in [7, 11) is 2.81. The standard InChI is InChI=1S/C21H21N3O5/c1-12-17(19(25)23-15-6-4-5-7-16(15)28-2)18(24-21(27)22-12)13-8-10-14(11-9-13)20(26)29-3/h4-11,17-18H,1H2,2-3H3,(H,23,25)(H2,22,24,27)/t17-,18+/m0/s1. The number of anilines is 1. The van der Waals surface area contributed by atoms with Gasteiger partial charge in [0, 0.05) is 5.70 Å². The second kappa shape index (κ2) is 8.47. The Balaban J connectivity index is 1.89. The highest BCUT2D eigenvalue weighted by Crippen LogP contribution is 2.32. The van der Waals surface area contributed by atoms with Crippen LogP contribution in [0.3, 0.4) is 0 Å². The van der Waals surface area contributed by atoms with E-state index in [1.165, 1.54) is 14.2 Å². The molecule has 3 rings (SSSR count). The van der Waals surface area contributed by atoms with Gasteiger partial charge < -0.3 is 25.4 Å². The first kappa shape index (κ1) is 19.9. The van der Waals surface area contributed by atoms with Gasteiger partial charge in [-0.3, -0.25) is 4.79 Å². The Bertz CT molecular complexity index is 955. The maximum absolute atomic E-state index is 13.1. The lowest BCUT2D eigenvalue weighted by molar-refractivity contribution is -0.119. The van der Waals surface area contributed by atoms with Crippen molar-refractivity contribution in [3.05, 3.63) is 71.9 Å². The lowest BCUT2D eigenvalue weighted by Gasteiger charge is -2.34. The molecule has 0 aromatic heterocycles. The molecule has 0 unspecified atom stereocenters. The molecule has 0 spiro atoms. The third kappa shape index (κ3) is 4.21. The summed E-state index contributed by atoms with van der Waals surface area (Å²) in [4.78, 5) is 36.7.